The number of ether oxygens (including phenoxy) is 1. The molecule has 0 aromatic heterocycles. The highest BCUT2D eigenvalue weighted by atomic mass is 16.5. The summed E-state index contributed by atoms with van der Waals surface area (Å²) in [6.07, 6.45) is 1.59. The fraction of sp³-hybridized carbons (Fsp3) is 0.381. The normalized spacial score (nSPS) is 20.1. The van der Waals surface area contributed by atoms with Gasteiger partial charge in [-0.1, -0.05) is 25.1 Å². The topological polar surface area (TPSA) is 67.6 Å². The number of hydrogen-bond donors (Lipinski definition) is 2. The molecule has 5 nitrogen and oxygen atoms in total. The molecule has 0 spiro atoms. The van der Waals surface area contributed by atoms with Gasteiger partial charge in [0, 0.05) is 25.2 Å². The molecule has 1 unspecified atom stereocenters. The summed E-state index contributed by atoms with van der Waals surface area (Å²) in [4.78, 5) is 14.5. The molecule has 5 heteroatoms. The van der Waals surface area contributed by atoms with Crippen molar-refractivity contribution >= 4 is 11.6 Å². The van der Waals surface area contributed by atoms with Gasteiger partial charge in [-0.05, 0) is 61.3 Å². The van der Waals surface area contributed by atoms with Gasteiger partial charge in [0.25, 0.3) is 0 Å². The molecule has 0 saturated carbocycles. The Hall–Kier alpha value is -2.37. The highest BCUT2D eigenvalue weighted by Crippen LogP contribution is 2.28. The molecule has 1 aliphatic rings. The quantitative estimate of drug-likeness (QED) is 0.800. The van der Waals surface area contributed by atoms with E-state index in [1.807, 2.05) is 54.6 Å². The molecule has 0 bridgehead atoms. The van der Waals surface area contributed by atoms with Gasteiger partial charge in [-0.3, -0.25) is 4.79 Å². The molecule has 26 heavy (non-hydrogen) atoms. The van der Waals surface area contributed by atoms with Crippen molar-refractivity contribution in [2.24, 2.45) is 11.1 Å². The maximum atomic E-state index is 12.2. The minimum atomic E-state index is 0.0306. The second-order valence-electron chi connectivity index (χ2n) is 7.28. The van der Waals surface area contributed by atoms with Gasteiger partial charge in [-0.25, -0.2) is 0 Å². The highest BCUT2D eigenvalue weighted by Gasteiger charge is 2.32. The number of anilines is 1. The van der Waals surface area contributed by atoms with E-state index < -0.39 is 0 Å². The van der Waals surface area contributed by atoms with Crippen molar-refractivity contribution in [3.63, 3.8) is 0 Å². The van der Waals surface area contributed by atoms with Gasteiger partial charge >= 0.3 is 0 Å². The highest BCUT2D eigenvalue weighted by molar-refractivity contribution is 5.90. The molecular formula is C21H27N3O2. The third kappa shape index (κ3) is 5.07. The van der Waals surface area contributed by atoms with Crippen molar-refractivity contribution in [3.8, 4) is 11.5 Å². The number of likely N-dealkylation sites (tertiary alicyclic amines) is 1. The third-order valence-electron chi connectivity index (χ3n) is 4.90. The van der Waals surface area contributed by atoms with Crippen LogP contribution in [-0.4, -0.2) is 37.0 Å². The Balaban J connectivity index is 1.44. The zero-order valence-corrected chi connectivity index (χ0v) is 15.3. The van der Waals surface area contributed by atoms with E-state index in [1.54, 1.807) is 0 Å². The van der Waals surface area contributed by atoms with Crippen molar-refractivity contribution in [1.29, 1.82) is 0 Å². The van der Waals surface area contributed by atoms with Crippen LogP contribution in [0.5, 0.6) is 11.5 Å². The molecule has 3 rings (SSSR count). The molecule has 1 aliphatic heterocycles. The number of benzene rings is 2. The van der Waals surface area contributed by atoms with Crippen LogP contribution in [0.4, 0.5) is 5.69 Å². The number of hydrogen-bond acceptors (Lipinski definition) is 4. The Kier molecular flexibility index (Phi) is 5.91. The average Bonchev–Trinajstić information content (AvgIpc) is 3.05. The van der Waals surface area contributed by atoms with Gasteiger partial charge in [0.2, 0.25) is 5.91 Å². The predicted octanol–water partition coefficient (Wildman–Crippen LogP) is 3.48. The van der Waals surface area contributed by atoms with Crippen molar-refractivity contribution in [2.75, 3.05) is 31.5 Å². The molecule has 3 N–H and O–H groups in total. The maximum absolute atomic E-state index is 12.2. The van der Waals surface area contributed by atoms with Crippen LogP contribution in [0.3, 0.4) is 0 Å². The summed E-state index contributed by atoms with van der Waals surface area (Å²) < 4.78 is 5.75. The largest absolute Gasteiger partial charge is 0.457 e. The van der Waals surface area contributed by atoms with E-state index in [1.165, 1.54) is 0 Å². The van der Waals surface area contributed by atoms with Gasteiger partial charge in [-0.2, -0.15) is 0 Å². The molecule has 1 saturated heterocycles. The molecule has 138 valence electrons. The lowest BCUT2D eigenvalue weighted by Gasteiger charge is -2.22. The van der Waals surface area contributed by atoms with Crippen molar-refractivity contribution in [2.45, 2.75) is 19.8 Å². The van der Waals surface area contributed by atoms with E-state index in [0.717, 1.165) is 43.2 Å². The van der Waals surface area contributed by atoms with Crippen LogP contribution in [0.25, 0.3) is 0 Å². The summed E-state index contributed by atoms with van der Waals surface area (Å²) in [7, 11) is 0. The number of carbonyl (C=O) groups excluding carboxylic acids is 1. The van der Waals surface area contributed by atoms with E-state index in [4.69, 9.17) is 10.5 Å². The van der Waals surface area contributed by atoms with Crippen LogP contribution in [-0.2, 0) is 4.79 Å². The lowest BCUT2D eigenvalue weighted by Crippen LogP contribution is -2.32. The first-order chi connectivity index (χ1) is 12.6. The monoisotopic (exact) mass is 353 g/mol. The zero-order valence-electron chi connectivity index (χ0n) is 15.3. The van der Waals surface area contributed by atoms with E-state index >= 15 is 0 Å². The Morgan fingerprint density at radius 3 is 2.50 bits per heavy atom. The Morgan fingerprint density at radius 1 is 1.15 bits per heavy atom. The number of carbonyl (C=O) groups is 1. The van der Waals surface area contributed by atoms with Gasteiger partial charge in [0.15, 0.2) is 0 Å². The first kappa shape index (κ1) is 18.4. The lowest BCUT2D eigenvalue weighted by molar-refractivity contribution is -0.116. The SMILES string of the molecule is CC1(CN)CCN(CCC(=O)Nc2ccc(Oc3ccccc3)cc2)C1. The minimum absolute atomic E-state index is 0.0306. The Bertz CT molecular complexity index is 718. The maximum Gasteiger partial charge on any atom is 0.225 e. The van der Waals surface area contributed by atoms with E-state index in [0.29, 0.717) is 13.0 Å². The van der Waals surface area contributed by atoms with Crippen molar-refractivity contribution in [1.82, 2.24) is 4.90 Å². The van der Waals surface area contributed by atoms with Gasteiger partial charge < -0.3 is 20.7 Å². The molecule has 2 aromatic carbocycles. The van der Waals surface area contributed by atoms with Crippen LogP contribution in [0.1, 0.15) is 19.8 Å². The number of para-hydroxylation sites is 1. The van der Waals surface area contributed by atoms with E-state index in [9.17, 15) is 4.79 Å². The molecule has 1 amide bonds. The third-order valence-corrected chi connectivity index (χ3v) is 4.90. The lowest BCUT2D eigenvalue weighted by atomic mass is 9.90. The zero-order chi connectivity index (χ0) is 18.4. The summed E-state index contributed by atoms with van der Waals surface area (Å²) in [6.45, 7) is 5.69. The van der Waals surface area contributed by atoms with Crippen LogP contribution in [0.15, 0.2) is 54.6 Å². The first-order valence-corrected chi connectivity index (χ1v) is 9.12. The number of nitrogens with zero attached hydrogens (tertiary/aromatic N) is 1. The first-order valence-electron chi connectivity index (χ1n) is 9.12. The fourth-order valence-corrected chi connectivity index (χ4v) is 3.20. The van der Waals surface area contributed by atoms with Crippen LogP contribution >= 0.6 is 0 Å². The van der Waals surface area contributed by atoms with Crippen LogP contribution in [0, 0.1) is 5.41 Å². The molecule has 0 radical (unpaired) electrons. The number of nitrogens with one attached hydrogen (secondary N) is 1. The number of amides is 1. The van der Waals surface area contributed by atoms with Gasteiger partial charge in [-0.15, -0.1) is 0 Å². The van der Waals surface area contributed by atoms with E-state index in [2.05, 4.69) is 17.1 Å². The summed E-state index contributed by atoms with van der Waals surface area (Å²) in [5.74, 6) is 1.56. The summed E-state index contributed by atoms with van der Waals surface area (Å²) in [5, 5.41) is 2.95. The van der Waals surface area contributed by atoms with Gasteiger partial charge in [0.1, 0.15) is 11.5 Å². The second kappa shape index (κ2) is 8.34. The van der Waals surface area contributed by atoms with E-state index in [-0.39, 0.29) is 11.3 Å². The molecule has 1 fully saturated rings. The average molecular weight is 353 g/mol. The van der Waals surface area contributed by atoms with Gasteiger partial charge in [0.05, 0.1) is 0 Å². The molecular weight excluding hydrogens is 326 g/mol. The summed E-state index contributed by atoms with van der Waals surface area (Å²) in [6, 6.07) is 17.1. The summed E-state index contributed by atoms with van der Waals surface area (Å²) in [5.41, 5.74) is 6.81. The Labute approximate surface area is 155 Å². The molecule has 2 aromatic rings. The predicted molar refractivity (Wildman–Crippen MR) is 104 cm³/mol. The van der Waals surface area contributed by atoms with Crippen LogP contribution in [0.2, 0.25) is 0 Å². The number of rotatable bonds is 7. The standard InChI is InChI=1S/C21H27N3O2/c1-21(15-22)12-14-24(16-21)13-11-20(25)23-17-7-9-19(10-8-17)26-18-5-3-2-4-6-18/h2-10H,11-16,22H2,1H3,(H,23,25). The molecule has 1 heterocycles. The molecule has 0 aliphatic carbocycles. The number of nitrogens with two attached hydrogens (primary N) is 1. The molecule has 1 atom stereocenters. The fourth-order valence-electron chi connectivity index (χ4n) is 3.20. The minimum Gasteiger partial charge on any atom is -0.457 e. The smallest absolute Gasteiger partial charge is 0.225 e. The van der Waals surface area contributed by atoms with Crippen molar-refractivity contribution in [3.05, 3.63) is 54.6 Å². The van der Waals surface area contributed by atoms with Crippen molar-refractivity contribution < 1.29 is 9.53 Å². The Morgan fingerprint density at radius 2 is 1.85 bits per heavy atom. The second-order valence-corrected chi connectivity index (χ2v) is 7.28. The van der Waals surface area contributed by atoms with Crippen LogP contribution < -0.4 is 15.8 Å². The summed E-state index contributed by atoms with van der Waals surface area (Å²) >= 11 is 0.